The summed E-state index contributed by atoms with van der Waals surface area (Å²) < 4.78 is 15.9. The van der Waals surface area contributed by atoms with Gasteiger partial charge in [0.2, 0.25) is 0 Å². The Morgan fingerprint density at radius 2 is 1.27 bits per heavy atom. The van der Waals surface area contributed by atoms with Gasteiger partial charge in [-0.1, -0.05) is 36.4 Å². The number of rotatable bonds is 11. The summed E-state index contributed by atoms with van der Waals surface area (Å²) in [5.41, 5.74) is 5.52. The maximum atomic E-state index is 13.4. The fourth-order valence-electron chi connectivity index (χ4n) is 5.50. The standard InChI is InChI=1S/C35H35N5O5/c1-23-17-30-31(18-32(36-30)39-22-33(41)40(35(39)42)21-26-9-15-29(45-4)16-10-26)37-34(23)38(19-24-5-11-27(43-2)12-6-24)20-25-7-13-28(44-3)14-8-25/h5-18,36H,19-22H2,1-4H3. The molecule has 3 heterocycles. The van der Waals surface area contributed by atoms with Crippen LogP contribution in [0.5, 0.6) is 17.2 Å². The smallest absolute Gasteiger partial charge is 0.333 e. The number of hydrogen-bond donors (Lipinski definition) is 1. The lowest BCUT2D eigenvalue weighted by Gasteiger charge is -2.26. The number of urea groups is 1. The van der Waals surface area contributed by atoms with E-state index < -0.39 is 0 Å². The molecule has 230 valence electrons. The molecule has 1 saturated heterocycles. The molecule has 5 aromatic rings. The molecule has 1 fully saturated rings. The minimum Gasteiger partial charge on any atom is -0.497 e. The SMILES string of the molecule is COc1ccc(CN2C(=O)CN(c3cc4nc(N(Cc5ccc(OC)cc5)Cc5ccc(OC)cc5)c(C)cc4[nH]3)C2=O)cc1. The molecule has 6 rings (SSSR count). The van der Waals surface area contributed by atoms with E-state index in [1.54, 1.807) is 21.3 Å². The number of imide groups is 1. The zero-order valence-electron chi connectivity index (χ0n) is 25.7. The molecule has 3 amide bonds. The molecule has 0 unspecified atom stereocenters. The Hall–Kier alpha value is -5.51. The second-order valence-corrected chi connectivity index (χ2v) is 11.0. The van der Waals surface area contributed by atoms with E-state index >= 15 is 0 Å². The fourth-order valence-corrected chi connectivity index (χ4v) is 5.50. The molecule has 0 radical (unpaired) electrons. The maximum Gasteiger partial charge on any atom is 0.333 e. The van der Waals surface area contributed by atoms with E-state index in [0.29, 0.717) is 30.2 Å². The highest BCUT2D eigenvalue weighted by molar-refractivity contribution is 6.12. The summed E-state index contributed by atoms with van der Waals surface area (Å²) in [5.74, 6) is 3.41. The number of nitrogens with one attached hydrogen (secondary N) is 1. The normalized spacial score (nSPS) is 13.1. The molecule has 0 bridgehead atoms. The van der Waals surface area contributed by atoms with Crippen molar-refractivity contribution in [2.45, 2.75) is 26.6 Å². The van der Waals surface area contributed by atoms with Crippen LogP contribution < -0.4 is 24.0 Å². The van der Waals surface area contributed by atoms with E-state index in [0.717, 1.165) is 45.1 Å². The van der Waals surface area contributed by atoms with Gasteiger partial charge in [-0.15, -0.1) is 0 Å². The first-order valence-electron chi connectivity index (χ1n) is 14.6. The number of pyridine rings is 1. The number of hydrogen-bond acceptors (Lipinski definition) is 7. The Labute approximate surface area is 261 Å². The van der Waals surface area contributed by atoms with Gasteiger partial charge in [0.25, 0.3) is 5.91 Å². The second kappa shape index (κ2) is 12.6. The summed E-state index contributed by atoms with van der Waals surface area (Å²) in [7, 11) is 4.91. The van der Waals surface area contributed by atoms with Crippen LogP contribution in [0.3, 0.4) is 0 Å². The Morgan fingerprint density at radius 3 is 1.78 bits per heavy atom. The minimum atomic E-state index is -0.375. The van der Waals surface area contributed by atoms with Gasteiger partial charge in [-0.3, -0.25) is 14.6 Å². The lowest BCUT2D eigenvalue weighted by molar-refractivity contribution is -0.125. The van der Waals surface area contributed by atoms with Crippen molar-refractivity contribution in [1.29, 1.82) is 0 Å². The molecule has 0 saturated carbocycles. The number of aryl methyl sites for hydroxylation is 1. The molecule has 1 aliphatic rings. The summed E-state index contributed by atoms with van der Waals surface area (Å²) in [6.07, 6.45) is 0. The van der Waals surface area contributed by atoms with E-state index in [-0.39, 0.29) is 25.0 Å². The van der Waals surface area contributed by atoms with Crippen molar-refractivity contribution >= 4 is 34.6 Å². The van der Waals surface area contributed by atoms with Crippen LogP contribution in [0.2, 0.25) is 0 Å². The number of aromatic amines is 1. The van der Waals surface area contributed by atoms with Gasteiger partial charge in [0, 0.05) is 19.2 Å². The third-order valence-electron chi connectivity index (χ3n) is 7.96. The number of anilines is 2. The topological polar surface area (TPSA) is 100 Å². The van der Waals surface area contributed by atoms with Gasteiger partial charge in [-0.25, -0.2) is 9.78 Å². The van der Waals surface area contributed by atoms with Crippen molar-refractivity contribution in [1.82, 2.24) is 14.9 Å². The van der Waals surface area contributed by atoms with Crippen LogP contribution in [0.1, 0.15) is 22.3 Å². The summed E-state index contributed by atoms with van der Waals surface area (Å²) >= 11 is 0. The van der Waals surface area contributed by atoms with Crippen molar-refractivity contribution in [2.75, 3.05) is 37.7 Å². The van der Waals surface area contributed by atoms with Crippen molar-refractivity contribution in [3.63, 3.8) is 0 Å². The third-order valence-corrected chi connectivity index (χ3v) is 7.96. The van der Waals surface area contributed by atoms with Crippen molar-refractivity contribution < 1.29 is 23.8 Å². The molecular weight excluding hydrogens is 570 g/mol. The van der Waals surface area contributed by atoms with Crippen molar-refractivity contribution in [3.05, 3.63) is 107 Å². The van der Waals surface area contributed by atoms with Gasteiger partial charge in [-0.05, 0) is 71.6 Å². The number of ether oxygens (including phenoxy) is 3. The zero-order chi connectivity index (χ0) is 31.5. The van der Waals surface area contributed by atoms with Gasteiger partial charge < -0.3 is 24.1 Å². The monoisotopic (exact) mass is 605 g/mol. The van der Waals surface area contributed by atoms with Gasteiger partial charge in [0.15, 0.2) is 0 Å². The van der Waals surface area contributed by atoms with Crippen LogP contribution >= 0.6 is 0 Å². The molecule has 0 atom stereocenters. The fraction of sp³-hybridized carbons (Fsp3) is 0.229. The van der Waals surface area contributed by atoms with Crippen LogP contribution in [0.25, 0.3) is 11.0 Å². The number of methoxy groups -OCH3 is 3. The molecule has 3 aromatic carbocycles. The number of aromatic nitrogens is 2. The molecule has 45 heavy (non-hydrogen) atoms. The van der Waals surface area contributed by atoms with E-state index in [1.807, 2.05) is 67.6 Å². The second-order valence-electron chi connectivity index (χ2n) is 11.0. The van der Waals surface area contributed by atoms with Gasteiger partial charge in [0.1, 0.15) is 35.4 Å². The molecule has 1 aliphatic heterocycles. The molecule has 10 heteroatoms. The van der Waals surface area contributed by atoms with Crippen molar-refractivity contribution in [2.24, 2.45) is 0 Å². The Kier molecular flexibility index (Phi) is 8.28. The Bertz CT molecular complexity index is 1770. The van der Waals surface area contributed by atoms with Crippen LogP contribution in [-0.4, -0.2) is 54.7 Å². The number of carbonyl (C=O) groups excluding carboxylic acids is 2. The van der Waals surface area contributed by atoms with Crippen LogP contribution in [-0.2, 0) is 24.4 Å². The first-order valence-corrected chi connectivity index (χ1v) is 14.6. The minimum absolute atomic E-state index is 0.0469. The predicted octanol–water partition coefficient (Wildman–Crippen LogP) is 6.07. The lowest BCUT2D eigenvalue weighted by Crippen LogP contribution is -2.32. The maximum absolute atomic E-state index is 13.4. The highest BCUT2D eigenvalue weighted by Crippen LogP contribution is 2.31. The van der Waals surface area contributed by atoms with Crippen LogP contribution in [0.4, 0.5) is 16.4 Å². The molecule has 0 aliphatic carbocycles. The Morgan fingerprint density at radius 1 is 0.756 bits per heavy atom. The summed E-state index contributed by atoms with van der Waals surface area (Å²) in [6.45, 7) is 3.40. The average molecular weight is 606 g/mol. The van der Waals surface area contributed by atoms with E-state index in [1.165, 1.54) is 9.80 Å². The largest absolute Gasteiger partial charge is 0.497 e. The van der Waals surface area contributed by atoms with E-state index in [9.17, 15) is 9.59 Å². The van der Waals surface area contributed by atoms with Gasteiger partial charge in [0.05, 0.1) is 38.9 Å². The Balaban J connectivity index is 1.28. The summed E-state index contributed by atoms with van der Waals surface area (Å²) in [4.78, 5) is 39.7. The quantitative estimate of drug-likeness (QED) is 0.182. The molecule has 0 spiro atoms. The van der Waals surface area contributed by atoms with E-state index in [2.05, 4.69) is 34.1 Å². The number of nitrogens with zero attached hydrogens (tertiary/aromatic N) is 4. The molecular formula is C35H35N5O5. The number of carbonyl (C=O) groups is 2. The molecule has 1 N–H and O–H groups in total. The van der Waals surface area contributed by atoms with E-state index in [4.69, 9.17) is 19.2 Å². The van der Waals surface area contributed by atoms with Gasteiger partial charge >= 0.3 is 6.03 Å². The molecule has 2 aromatic heterocycles. The first-order chi connectivity index (χ1) is 21.8. The highest BCUT2D eigenvalue weighted by Gasteiger charge is 2.37. The van der Waals surface area contributed by atoms with Gasteiger partial charge in [-0.2, -0.15) is 0 Å². The third kappa shape index (κ3) is 6.26. The van der Waals surface area contributed by atoms with Crippen LogP contribution in [0.15, 0.2) is 84.9 Å². The predicted molar refractivity (Wildman–Crippen MR) is 173 cm³/mol. The number of H-pyrrole nitrogens is 1. The number of fused-ring (bicyclic) bond motifs is 1. The van der Waals surface area contributed by atoms with Crippen LogP contribution in [0, 0.1) is 6.92 Å². The summed E-state index contributed by atoms with van der Waals surface area (Å²) in [5, 5.41) is 0. The number of benzene rings is 3. The first kappa shape index (κ1) is 29.6. The highest BCUT2D eigenvalue weighted by atomic mass is 16.5. The molecule has 10 nitrogen and oxygen atoms in total. The summed E-state index contributed by atoms with van der Waals surface area (Å²) in [6, 6.07) is 26.8. The average Bonchev–Trinajstić information content (AvgIpc) is 3.60. The zero-order valence-corrected chi connectivity index (χ0v) is 25.7. The lowest BCUT2D eigenvalue weighted by atomic mass is 10.1. The number of amides is 3. The van der Waals surface area contributed by atoms with Crippen molar-refractivity contribution in [3.8, 4) is 17.2 Å².